The number of rotatable bonds is 4. The van der Waals surface area contributed by atoms with Gasteiger partial charge in [0.1, 0.15) is 0 Å². The van der Waals surface area contributed by atoms with E-state index in [1.807, 2.05) is 12.1 Å². The molecule has 78 valence electrons. The minimum absolute atomic E-state index is 0.144. The predicted octanol–water partition coefficient (Wildman–Crippen LogP) is 2.40. The summed E-state index contributed by atoms with van der Waals surface area (Å²) in [4.78, 5) is 2.15. The van der Waals surface area contributed by atoms with Crippen LogP contribution in [0.1, 0.15) is 18.0 Å². The maximum atomic E-state index is 6.05. The molecule has 0 aromatic heterocycles. The summed E-state index contributed by atoms with van der Waals surface area (Å²) in [5.41, 5.74) is 7.26. The fraction of sp³-hybridized carbons (Fsp3) is 0.455. The third-order valence-corrected chi connectivity index (χ3v) is 2.71. The molecule has 0 heterocycles. The van der Waals surface area contributed by atoms with Crippen LogP contribution in [0, 0.1) is 0 Å². The molecule has 0 saturated carbocycles. The normalized spacial score (nSPS) is 13.2. The van der Waals surface area contributed by atoms with Crippen molar-refractivity contribution in [1.29, 1.82) is 0 Å². The molecule has 14 heavy (non-hydrogen) atoms. The van der Waals surface area contributed by atoms with Gasteiger partial charge in [-0.1, -0.05) is 28.1 Å². The van der Waals surface area contributed by atoms with Gasteiger partial charge < -0.3 is 10.6 Å². The smallest absolute Gasteiger partial charge is 0.0307 e. The van der Waals surface area contributed by atoms with Crippen molar-refractivity contribution in [2.45, 2.75) is 12.5 Å². The lowest BCUT2D eigenvalue weighted by molar-refractivity contribution is 0.382. The van der Waals surface area contributed by atoms with Crippen LogP contribution in [0.15, 0.2) is 28.7 Å². The molecule has 1 aromatic rings. The molecule has 0 amide bonds. The summed E-state index contributed by atoms with van der Waals surface area (Å²) in [6.07, 6.45) is 0.995. The topological polar surface area (TPSA) is 29.3 Å². The maximum Gasteiger partial charge on any atom is 0.0307 e. The van der Waals surface area contributed by atoms with Crippen molar-refractivity contribution in [1.82, 2.24) is 4.90 Å². The van der Waals surface area contributed by atoms with Crippen LogP contribution in [0.4, 0.5) is 0 Å². The molecule has 3 heteroatoms. The average molecular weight is 257 g/mol. The first-order valence-electron chi connectivity index (χ1n) is 4.75. The molecule has 1 rings (SSSR count). The van der Waals surface area contributed by atoms with Gasteiger partial charge in [0.2, 0.25) is 0 Å². The summed E-state index contributed by atoms with van der Waals surface area (Å²) in [5.74, 6) is 0. The molecule has 0 aliphatic rings. The maximum absolute atomic E-state index is 6.05. The lowest BCUT2D eigenvalue weighted by Gasteiger charge is -2.15. The van der Waals surface area contributed by atoms with Crippen LogP contribution >= 0.6 is 15.9 Å². The fourth-order valence-corrected chi connectivity index (χ4v) is 1.54. The van der Waals surface area contributed by atoms with Crippen LogP contribution in [0.3, 0.4) is 0 Å². The Kier molecular flexibility index (Phi) is 4.58. The van der Waals surface area contributed by atoms with Crippen LogP contribution in [0.25, 0.3) is 0 Å². The summed E-state index contributed by atoms with van der Waals surface area (Å²) in [6.45, 7) is 1.03. The van der Waals surface area contributed by atoms with Gasteiger partial charge in [0.15, 0.2) is 0 Å². The van der Waals surface area contributed by atoms with Crippen LogP contribution in [-0.2, 0) is 0 Å². The molecule has 1 atom stereocenters. The predicted molar refractivity (Wildman–Crippen MR) is 64.2 cm³/mol. The van der Waals surface area contributed by atoms with E-state index in [-0.39, 0.29) is 6.04 Å². The lowest BCUT2D eigenvalue weighted by Crippen LogP contribution is -2.20. The number of hydrogen-bond donors (Lipinski definition) is 1. The Balaban J connectivity index is 2.52. The Labute approximate surface area is 94.2 Å². The quantitative estimate of drug-likeness (QED) is 0.897. The summed E-state index contributed by atoms with van der Waals surface area (Å²) in [7, 11) is 4.13. The van der Waals surface area contributed by atoms with Crippen molar-refractivity contribution in [2.24, 2.45) is 5.73 Å². The largest absolute Gasteiger partial charge is 0.324 e. The number of halogens is 1. The first-order valence-corrected chi connectivity index (χ1v) is 5.54. The SMILES string of the molecule is CN(C)CCC(N)c1ccc(Br)cc1. The first-order chi connectivity index (χ1) is 6.59. The highest BCUT2D eigenvalue weighted by atomic mass is 79.9. The summed E-state index contributed by atoms with van der Waals surface area (Å²) in [5, 5.41) is 0. The van der Waals surface area contributed by atoms with Crippen molar-refractivity contribution in [2.75, 3.05) is 20.6 Å². The number of nitrogens with zero attached hydrogens (tertiary/aromatic N) is 1. The number of benzene rings is 1. The molecule has 0 spiro atoms. The molecule has 2 nitrogen and oxygen atoms in total. The number of nitrogens with two attached hydrogens (primary N) is 1. The molecule has 1 aromatic carbocycles. The van der Waals surface area contributed by atoms with Crippen molar-refractivity contribution in [3.8, 4) is 0 Å². The number of hydrogen-bond acceptors (Lipinski definition) is 2. The summed E-state index contributed by atoms with van der Waals surface area (Å²) >= 11 is 3.41. The van der Waals surface area contributed by atoms with E-state index < -0.39 is 0 Å². The van der Waals surface area contributed by atoms with Crippen LogP contribution < -0.4 is 5.73 Å². The zero-order valence-electron chi connectivity index (χ0n) is 8.70. The standard InChI is InChI=1S/C11H17BrN2/c1-14(2)8-7-11(13)9-3-5-10(12)6-4-9/h3-6,11H,7-8,13H2,1-2H3. The van der Waals surface area contributed by atoms with Crippen LogP contribution in [0.2, 0.25) is 0 Å². The van der Waals surface area contributed by atoms with E-state index in [1.54, 1.807) is 0 Å². The second kappa shape index (κ2) is 5.49. The monoisotopic (exact) mass is 256 g/mol. The molecule has 0 radical (unpaired) electrons. The highest BCUT2D eigenvalue weighted by Gasteiger charge is 2.05. The molecule has 0 bridgehead atoms. The first kappa shape index (κ1) is 11.7. The van der Waals surface area contributed by atoms with E-state index >= 15 is 0 Å². The van der Waals surface area contributed by atoms with Gasteiger partial charge in [-0.3, -0.25) is 0 Å². The van der Waals surface area contributed by atoms with Gasteiger partial charge in [0.05, 0.1) is 0 Å². The van der Waals surface area contributed by atoms with Crippen molar-refractivity contribution < 1.29 is 0 Å². The minimum atomic E-state index is 0.144. The van der Waals surface area contributed by atoms with Crippen molar-refractivity contribution in [3.05, 3.63) is 34.3 Å². The van der Waals surface area contributed by atoms with E-state index in [0.29, 0.717) is 0 Å². The molecule has 1 unspecified atom stereocenters. The molecule has 0 aliphatic heterocycles. The molecular weight excluding hydrogens is 240 g/mol. The summed E-state index contributed by atoms with van der Waals surface area (Å²) in [6, 6.07) is 8.36. The van der Waals surface area contributed by atoms with Gasteiger partial charge in [-0.25, -0.2) is 0 Å². The Morgan fingerprint density at radius 2 is 1.86 bits per heavy atom. The van der Waals surface area contributed by atoms with Crippen molar-refractivity contribution >= 4 is 15.9 Å². The molecule has 0 aliphatic carbocycles. The van der Waals surface area contributed by atoms with Gasteiger partial charge in [0.25, 0.3) is 0 Å². The van der Waals surface area contributed by atoms with E-state index in [0.717, 1.165) is 17.4 Å². The zero-order chi connectivity index (χ0) is 10.6. The van der Waals surface area contributed by atoms with E-state index in [1.165, 1.54) is 5.56 Å². The minimum Gasteiger partial charge on any atom is -0.324 e. The Morgan fingerprint density at radius 1 is 1.29 bits per heavy atom. The Hall–Kier alpha value is -0.380. The van der Waals surface area contributed by atoms with Gasteiger partial charge in [-0.15, -0.1) is 0 Å². The fourth-order valence-electron chi connectivity index (χ4n) is 1.27. The van der Waals surface area contributed by atoms with E-state index in [2.05, 4.69) is 47.1 Å². The second-order valence-electron chi connectivity index (χ2n) is 3.75. The summed E-state index contributed by atoms with van der Waals surface area (Å²) < 4.78 is 1.10. The van der Waals surface area contributed by atoms with Gasteiger partial charge in [-0.2, -0.15) is 0 Å². The van der Waals surface area contributed by atoms with Gasteiger partial charge in [0, 0.05) is 10.5 Å². The Bertz CT molecular complexity index is 269. The van der Waals surface area contributed by atoms with E-state index in [4.69, 9.17) is 5.73 Å². The molecule has 2 N–H and O–H groups in total. The average Bonchev–Trinajstić information content (AvgIpc) is 2.15. The second-order valence-corrected chi connectivity index (χ2v) is 4.67. The highest BCUT2D eigenvalue weighted by molar-refractivity contribution is 9.10. The molecule has 0 fully saturated rings. The van der Waals surface area contributed by atoms with Crippen LogP contribution in [0.5, 0.6) is 0 Å². The molecular formula is C11H17BrN2. The Morgan fingerprint density at radius 3 is 2.36 bits per heavy atom. The van der Waals surface area contributed by atoms with Crippen molar-refractivity contribution in [3.63, 3.8) is 0 Å². The molecule has 0 saturated heterocycles. The van der Waals surface area contributed by atoms with Gasteiger partial charge in [-0.05, 0) is 44.8 Å². The highest BCUT2D eigenvalue weighted by Crippen LogP contribution is 2.17. The lowest BCUT2D eigenvalue weighted by atomic mass is 10.1. The van der Waals surface area contributed by atoms with E-state index in [9.17, 15) is 0 Å². The van der Waals surface area contributed by atoms with Crippen LogP contribution in [-0.4, -0.2) is 25.5 Å². The van der Waals surface area contributed by atoms with Gasteiger partial charge >= 0.3 is 0 Å². The third-order valence-electron chi connectivity index (χ3n) is 2.19. The third kappa shape index (κ3) is 3.78. The zero-order valence-corrected chi connectivity index (χ0v) is 10.3.